The third kappa shape index (κ3) is 3.26. The van der Waals surface area contributed by atoms with Gasteiger partial charge in [-0.15, -0.1) is 22.7 Å². The molecule has 0 N–H and O–H groups in total. The Balaban J connectivity index is 1.97. The summed E-state index contributed by atoms with van der Waals surface area (Å²) in [5, 5.41) is 3.95. The maximum Gasteiger partial charge on any atom is 0.220 e. The third-order valence-corrected chi connectivity index (χ3v) is 5.11. The summed E-state index contributed by atoms with van der Waals surface area (Å²) < 4.78 is 0. The van der Waals surface area contributed by atoms with Crippen LogP contribution < -0.4 is 0 Å². The van der Waals surface area contributed by atoms with Crippen molar-refractivity contribution in [2.45, 2.75) is 6.92 Å². The highest BCUT2D eigenvalue weighted by molar-refractivity contribution is 7.11. The van der Waals surface area contributed by atoms with Gasteiger partial charge in [-0.1, -0.05) is 12.1 Å². The van der Waals surface area contributed by atoms with E-state index in [9.17, 15) is 9.59 Å². The van der Waals surface area contributed by atoms with Crippen LogP contribution in [0.25, 0.3) is 12.2 Å². The number of rotatable bonds is 2. The molecule has 3 nitrogen and oxygen atoms in total. The summed E-state index contributed by atoms with van der Waals surface area (Å²) in [6, 6.07) is 7.85. The lowest BCUT2D eigenvalue weighted by atomic mass is 9.96. The van der Waals surface area contributed by atoms with Gasteiger partial charge in [0.15, 0.2) is 5.78 Å². The molecule has 2 aromatic heterocycles. The van der Waals surface area contributed by atoms with E-state index in [0.29, 0.717) is 24.2 Å². The van der Waals surface area contributed by atoms with E-state index in [1.54, 1.807) is 34.5 Å². The summed E-state index contributed by atoms with van der Waals surface area (Å²) in [7, 11) is 0. The number of thiophene rings is 2. The molecular formula is C17H15NO2S2. The molecule has 0 bridgehead atoms. The molecule has 3 heterocycles. The molecular weight excluding hydrogens is 314 g/mol. The largest absolute Gasteiger partial charge is 0.334 e. The minimum atomic E-state index is -0.0124. The Labute approximate surface area is 137 Å². The van der Waals surface area contributed by atoms with Crippen molar-refractivity contribution < 1.29 is 9.59 Å². The Morgan fingerprint density at radius 3 is 1.91 bits per heavy atom. The van der Waals surface area contributed by atoms with Crippen LogP contribution in [0.2, 0.25) is 0 Å². The average molecular weight is 329 g/mol. The van der Waals surface area contributed by atoms with Crippen molar-refractivity contribution in [2.24, 2.45) is 0 Å². The van der Waals surface area contributed by atoms with E-state index < -0.39 is 0 Å². The number of likely N-dealkylation sites (tertiary alicyclic amines) is 1. The second-order valence-electron chi connectivity index (χ2n) is 5.07. The Kier molecular flexibility index (Phi) is 4.36. The molecule has 22 heavy (non-hydrogen) atoms. The van der Waals surface area contributed by atoms with Crippen molar-refractivity contribution in [3.8, 4) is 0 Å². The topological polar surface area (TPSA) is 37.4 Å². The number of carbonyl (C=O) groups is 2. The van der Waals surface area contributed by atoms with Gasteiger partial charge in [-0.3, -0.25) is 9.59 Å². The number of hydrogen-bond acceptors (Lipinski definition) is 4. The predicted molar refractivity (Wildman–Crippen MR) is 91.9 cm³/mol. The highest BCUT2D eigenvalue weighted by atomic mass is 32.1. The van der Waals surface area contributed by atoms with E-state index in [2.05, 4.69) is 0 Å². The van der Waals surface area contributed by atoms with Crippen LogP contribution in [0.5, 0.6) is 0 Å². The molecule has 0 aromatic carbocycles. The van der Waals surface area contributed by atoms with Crippen LogP contribution >= 0.6 is 22.7 Å². The molecule has 0 aliphatic carbocycles. The molecule has 1 fully saturated rings. The first-order valence-electron chi connectivity index (χ1n) is 6.92. The summed E-state index contributed by atoms with van der Waals surface area (Å²) in [5.41, 5.74) is 1.35. The Morgan fingerprint density at radius 2 is 1.55 bits per heavy atom. The molecule has 1 aliphatic heterocycles. The lowest BCUT2D eigenvalue weighted by Crippen LogP contribution is -2.40. The fourth-order valence-corrected chi connectivity index (χ4v) is 3.72. The Bertz CT molecular complexity index is 683. The lowest BCUT2D eigenvalue weighted by molar-refractivity contribution is -0.129. The molecule has 1 aliphatic rings. The van der Waals surface area contributed by atoms with Gasteiger partial charge in [0.25, 0.3) is 0 Å². The van der Waals surface area contributed by atoms with Crippen LogP contribution in [0.15, 0.2) is 46.2 Å². The number of carbonyl (C=O) groups excluding carboxylic acids is 2. The van der Waals surface area contributed by atoms with Gasteiger partial charge in [0.05, 0.1) is 0 Å². The summed E-state index contributed by atoms with van der Waals surface area (Å²) >= 11 is 3.17. The minimum Gasteiger partial charge on any atom is -0.334 e. The molecule has 0 spiro atoms. The summed E-state index contributed by atoms with van der Waals surface area (Å²) in [6.45, 7) is 2.31. The summed E-state index contributed by atoms with van der Waals surface area (Å²) in [6.07, 6.45) is 3.79. The highest BCUT2D eigenvalue weighted by Gasteiger charge is 2.27. The van der Waals surface area contributed by atoms with E-state index >= 15 is 0 Å². The van der Waals surface area contributed by atoms with E-state index in [1.165, 1.54) is 0 Å². The second kappa shape index (κ2) is 6.42. The van der Waals surface area contributed by atoms with Crippen LogP contribution in [-0.2, 0) is 9.59 Å². The Morgan fingerprint density at radius 1 is 1.05 bits per heavy atom. The minimum absolute atomic E-state index is 0.0124. The molecule has 1 saturated heterocycles. The van der Waals surface area contributed by atoms with Gasteiger partial charge in [-0.2, -0.15) is 0 Å². The molecule has 3 rings (SSSR count). The first-order chi connectivity index (χ1) is 10.6. The number of Topliss-reactive ketones (excluding diaryl/α,β-unsaturated/α-hetero) is 1. The van der Waals surface area contributed by atoms with Crippen LogP contribution in [-0.4, -0.2) is 29.7 Å². The maximum absolute atomic E-state index is 12.7. The number of hydrogen-bond donors (Lipinski definition) is 0. The molecule has 0 saturated carbocycles. The zero-order valence-electron chi connectivity index (χ0n) is 12.1. The number of nitrogens with zero attached hydrogens (tertiary/aromatic N) is 1. The van der Waals surface area contributed by atoms with Crippen molar-refractivity contribution in [3.63, 3.8) is 0 Å². The SMILES string of the molecule is CC(=O)N1C/C(=C\c2cccs2)C(=O)/C(=C/c2cccs2)C1. The van der Waals surface area contributed by atoms with Crippen molar-refractivity contribution in [1.29, 1.82) is 0 Å². The molecule has 0 atom stereocenters. The lowest BCUT2D eigenvalue weighted by Gasteiger charge is -2.28. The fourth-order valence-electron chi connectivity index (χ4n) is 2.35. The molecule has 0 radical (unpaired) electrons. The Hall–Kier alpha value is -1.98. The maximum atomic E-state index is 12.7. The molecule has 1 amide bonds. The van der Waals surface area contributed by atoms with Gasteiger partial charge in [-0.05, 0) is 35.0 Å². The zero-order valence-corrected chi connectivity index (χ0v) is 13.7. The summed E-state index contributed by atoms with van der Waals surface area (Å²) in [5.74, 6) is 0.0287. The normalized spacial score (nSPS) is 19.1. The predicted octanol–water partition coefficient (Wildman–Crippen LogP) is 3.71. The average Bonchev–Trinajstić information content (AvgIpc) is 3.16. The van der Waals surface area contributed by atoms with E-state index in [0.717, 1.165) is 9.75 Å². The molecule has 0 unspecified atom stereocenters. The smallest absolute Gasteiger partial charge is 0.220 e. The highest BCUT2D eigenvalue weighted by Crippen LogP contribution is 2.24. The van der Waals surface area contributed by atoms with E-state index in [1.807, 2.05) is 47.2 Å². The van der Waals surface area contributed by atoms with Gasteiger partial charge >= 0.3 is 0 Å². The zero-order chi connectivity index (χ0) is 15.5. The number of ketones is 1. The van der Waals surface area contributed by atoms with Crippen LogP contribution in [0, 0.1) is 0 Å². The van der Waals surface area contributed by atoms with Crippen LogP contribution in [0.4, 0.5) is 0 Å². The third-order valence-electron chi connectivity index (χ3n) is 3.47. The molecule has 112 valence electrons. The number of amides is 1. The van der Waals surface area contributed by atoms with Crippen molar-refractivity contribution in [3.05, 3.63) is 55.9 Å². The monoisotopic (exact) mass is 329 g/mol. The van der Waals surface area contributed by atoms with Gasteiger partial charge < -0.3 is 4.90 Å². The van der Waals surface area contributed by atoms with E-state index in [4.69, 9.17) is 0 Å². The van der Waals surface area contributed by atoms with Gasteiger partial charge in [0, 0.05) is 40.9 Å². The molecule has 5 heteroatoms. The molecule has 2 aromatic rings. The fraction of sp³-hybridized carbons (Fsp3) is 0.176. The van der Waals surface area contributed by atoms with Gasteiger partial charge in [-0.25, -0.2) is 0 Å². The second-order valence-corrected chi connectivity index (χ2v) is 7.03. The van der Waals surface area contributed by atoms with Gasteiger partial charge in [0.2, 0.25) is 5.91 Å². The van der Waals surface area contributed by atoms with Crippen LogP contribution in [0.3, 0.4) is 0 Å². The van der Waals surface area contributed by atoms with Crippen molar-refractivity contribution in [2.75, 3.05) is 13.1 Å². The number of piperidine rings is 1. The first-order valence-corrected chi connectivity index (χ1v) is 8.68. The van der Waals surface area contributed by atoms with Crippen molar-refractivity contribution in [1.82, 2.24) is 4.90 Å². The van der Waals surface area contributed by atoms with Gasteiger partial charge in [0.1, 0.15) is 0 Å². The quantitative estimate of drug-likeness (QED) is 0.788. The first kappa shape index (κ1) is 14.9. The van der Waals surface area contributed by atoms with Crippen molar-refractivity contribution >= 4 is 46.5 Å². The van der Waals surface area contributed by atoms with Crippen LogP contribution in [0.1, 0.15) is 16.7 Å². The van der Waals surface area contributed by atoms with E-state index in [-0.39, 0.29) is 11.7 Å². The summed E-state index contributed by atoms with van der Waals surface area (Å²) in [4.78, 5) is 28.2. The standard InChI is InChI=1S/C17H15NO2S2/c1-12(19)18-10-13(8-15-4-2-6-21-15)17(20)14(11-18)9-16-5-3-7-22-16/h2-9H,10-11H2,1H3/b13-8+,14-9+.